The van der Waals surface area contributed by atoms with E-state index in [-0.39, 0.29) is 24.0 Å². The van der Waals surface area contributed by atoms with Crippen molar-refractivity contribution in [2.24, 2.45) is 4.99 Å². The monoisotopic (exact) mass is 488 g/mol. The Morgan fingerprint density at radius 1 is 1.38 bits per heavy atom. The molecule has 1 aliphatic rings. The zero-order valence-electron chi connectivity index (χ0n) is 15.5. The Labute approximate surface area is 176 Å². The maximum atomic E-state index is 10.4. The minimum atomic E-state index is -0.638. The smallest absolute Gasteiger partial charge is 0.191 e. The van der Waals surface area contributed by atoms with Crippen LogP contribution in [0.15, 0.2) is 29.4 Å². The lowest BCUT2D eigenvalue weighted by Gasteiger charge is -2.19. The third kappa shape index (κ3) is 5.29. The van der Waals surface area contributed by atoms with Crippen molar-refractivity contribution in [1.82, 2.24) is 15.6 Å². The maximum Gasteiger partial charge on any atom is 0.191 e. The zero-order chi connectivity index (χ0) is 17.7. The lowest BCUT2D eigenvalue weighted by molar-refractivity contribution is 0.0778. The third-order valence-corrected chi connectivity index (χ3v) is 5.88. The first-order chi connectivity index (χ1) is 12.1. The number of thioether (sulfide) groups is 1. The number of H-pyrrole nitrogens is 1. The van der Waals surface area contributed by atoms with Crippen LogP contribution in [-0.4, -0.2) is 52.8 Å². The molecule has 0 spiro atoms. The van der Waals surface area contributed by atoms with Gasteiger partial charge in [0.15, 0.2) is 5.96 Å². The summed E-state index contributed by atoms with van der Waals surface area (Å²) >= 11 is 1.80. The van der Waals surface area contributed by atoms with E-state index in [1.54, 1.807) is 11.8 Å². The summed E-state index contributed by atoms with van der Waals surface area (Å²) < 4.78 is 0. The Morgan fingerprint density at radius 3 is 2.96 bits per heavy atom. The summed E-state index contributed by atoms with van der Waals surface area (Å²) in [6.45, 7) is 6.28. The highest BCUT2D eigenvalue weighted by Gasteiger charge is 2.31. The average Bonchev–Trinajstić information content (AvgIpc) is 3.21. The van der Waals surface area contributed by atoms with E-state index in [1.807, 2.05) is 0 Å². The first kappa shape index (κ1) is 21.4. The van der Waals surface area contributed by atoms with Crippen molar-refractivity contribution in [2.45, 2.75) is 32.3 Å². The Hall–Kier alpha value is -0.930. The van der Waals surface area contributed by atoms with Gasteiger partial charge in [0.05, 0.1) is 12.1 Å². The lowest BCUT2D eigenvalue weighted by Crippen LogP contribution is -2.40. The summed E-state index contributed by atoms with van der Waals surface area (Å²) in [5.41, 5.74) is 3.18. The fourth-order valence-corrected chi connectivity index (χ4v) is 4.54. The first-order valence-electron chi connectivity index (χ1n) is 8.99. The molecule has 1 aliphatic heterocycles. The highest BCUT2D eigenvalue weighted by Crippen LogP contribution is 2.27. The van der Waals surface area contributed by atoms with Gasteiger partial charge in [0.2, 0.25) is 0 Å². The molecule has 26 heavy (non-hydrogen) atoms. The molecule has 0 amide bonds. The molecule has 3 rings (SSSR count). The Kier molecular flexibility index (Phi) is 8.09. The number of rotatable bonds is 6. The molecule has 5 nitrogen and oxygen atoms in total. The van der Waals surface area contributed by atoms with Crippen molar-refractivity contribution in [1.29, 1.82) is 0 Å². The number of nitrogens with one attached hydrogen (secondary N) is 3. The molecule has 1 aromatic heterocycles. The number of aryl methyl sites for hydroxylation is 1. The van der Waals surface area contributed by atoms with Crippen molar-refractivity contribution >= 4 is 52.6 Å². The molecule has 4 N–H and O–H groups in total. The number of guanidine groups is 1. The zero-order valence-corrected chi connectivity index (χ0v) is 18.6. The molecule has 0 saturated carbocycles. The highest BCUT2D eigenvalue weighted by atomic mass is 127. The van der Waals surface area contributed by atoms with E-state index >= 15 is 0 Å². The molecule has 0 bridgehead atoms. The second-order valence-electron chi connectivity index (χ2n) is 6.71. The van der Waals surface area contributed by atoms with Crippen LogP contribution < -0.4 is 10.6 Å². The predicted molar refractivity (Wildman–Crippen MR) is 123 cm³/mol. The third-order valence-electron chi connectivity index (χ3n) is 4.64. The molecule has 2 heterocycles. The van der Waals surface area contributed by atoms with Crippen LogP contribution >= 0.6 is 35.7 Å². The topological polar surface area (TPSA) is 72.4 Å². The molecular weight excluding hydrogens is 459 g/mol. The number of fused-ring (bicyclic) bond motifs is 1. The summed E-state index contributed by atoms with van der Waals surface area (Å²) in [6.07, 6.45) is 3.85. The average molecular weight is 488 g/mol. The number of aromatic nitrogens is 1. The fourth-order valence-electron chi connectivity index (χ4n) is 3.25. The largest absolute Gasteiger partial charge is 0.387 e. The van der Waals surface area contributed by atoms with Gasteiger partial charge in [0.25, 0.3) is 0 Å². The summed E-state index contributed by atoms with van der Waals surface area (Å²) in [6, 6.07) is 6.35. The van der Waals surface area contributed by atoms with E-state index in [9.17, 15) is 5.11 Å². The van der Waals surface area contributed by atoms with Gasteiger partial charge in [-0.1, -0.05) is 12.1 Å². The van der Waals surface area contributed by atoms with E-state index in [1.165, 1.54) is 22.0 Å². The van der Waals surface area contributed by atoms with Gasteiger partial charge < -0.3 is 20.7 Å². The molecule has 1 aromatic carbocycles. The van der Waals surface area contributed by atoms with Crippen LogP contribution in [-0.2, 0) is 6.42 Å². The van der Waals surface area contributed by atoms with Gasteiger partial charge >= 0.3 is 0 Å². The molecule has 144 valence electrons. The highest BCUT2D eigenvalue weighted by molar-refractivity contribution is 14.0. The quantitative estimate of drug-likeness (QED) is 0.287. The number of aliphatic imine (C=N–C) groups is 1. The van der Waals surface area contributed by atoms with Crippen LogP contribution in [0.2, 0.25) is 0 Å². The normalized spacial score (nSPS) is 20.2. The number of halogens is 1. The SMILES string of the molecule is CCNC(=NCC1(O)CCSC1)NCCc1c[nH]c2cccc(C)c12.I. The Balaban J connectivity index is 0.00000243. The van der Waals surface area contributed by atoms with Crippen LogP contribution in [0.5, 0.6) is 0 Å². The number of hydrogen-bond donors (Lipinski definition) is 4. The molecule has 1 atom stereocenters. The van der Waals surface area contributed by atoms with Crippen LogP contribution in [0, 0.1) is 6.92 Å². The van der Waals surface area contributed by atoms with Crippen LogP contribution in [0.4, 0.5) is 0 Å². The van der Waals surface area contributed by atoms with E-state index in [2.05, 4.69) is 58.9 Å². The minimum Gasteiger partial charge on any atom is -0.387 e. The van der Waals surface area contributed by atoms with Gasteiger partial charge in [0.1, 0.15) is 0 Å². The van der Waals surface area contributed by atoms with Crippen LogP contribution in [0.3, 0.4) is 0 Å². The van der Waals surface area contributed by atoms with Crippen molar-refractivity contribution in [3.8, 4) is 0 Å². The van der Waals surface area contributed by atoms with Gasteiger partial charge in [-0.15, -0.1) is 24.0 Å². The number of benzene rings is 1. The Morgan fingerprint density at radius 2 is 2.23 bits per heavy atom. The van der Waals surface area contributed by atoms with Gasteiger partial charge in [-0.05, 0) is 49.6 Å². The molecule has 0 aliphatic carbocycles. The fraction of sp³-hybridized carbons (Fsp3) is 0.526. The molecule has 2 aromatic rings. The van der Waals surface area contributed by atoms with Crippen molar-refractivity contribution in [3.05, 3.63) is 35.5 Å². The van der Waals surface area contributed by atoms with Gasteiger partial charge in [0, 0.05) is 35.9 Å². The molecule has 1 fully saturated rings. The standard InChI is InChI=1S/C19H28N4OS.HI/c1-3-20-18(23-12-19(24)8-10-25-13-19)21-9-7-15-11-22-16-6-4-5-14(2)17(15)16;/h4-6,11,22,24H,3,7-10,12-13H2,1-2H3,(H2,20,21,23);1H. The predicted octanol–water partition coefficient (Wildman–Crippen LogP) is 3.06. The van der Waals surface area contributed by atoms with E-state index in [0.29, 0.717) is 6.54 Å². The molecule has 1 unspecified atom stereocenters. The van der Waals surface area contributed by atoms with Crippen LogP contribution in [0.1, 0.15) is 24.5 Å². The molecule has 1 saturated heterocycles. The second-order valence-corrected chi connectivity index (χ2v) is 7.82. The van der Waals surface area contributed by atoms with Crippen LogP contribution in [0.25, 0.3) is 10.9 Å². The first-order valence-corrected chi connectivity index (χ1v) is 10.1. The number of aromatic amines is 1. The van der Waals surface area contributed by atoms with Crippen molar-refractivity contribution in [3.63, 3.8) is 0 Å². The van der Waals surface area contributed by atoms with Gasteiger partial charge in [-0.3, -0.25) is 4.99 Å². The molecule has 7 heteroatoms. The summed E-state index contributed by atoms with van der Waals surface area (Å²) in [5.74, 6) is 2.59. The van der Waals surface area contributed by atoms with E-state index in [4.69, 9.17) is 0 Å². The summed E-state index contributed by atoms with van der Waals surface area (Å²) in [5, 5.41) is 18.4. The van der Waals surface area contributed by atoms with Gasteiger partial charge in [-0.2, -0.15) is 11.8 Å². The van der Waals surface area contributed by atoms with Gasteiger partial charge in [-0.25, -0.2) is 0 Å². The summed E-state index contributed by atoms with van der Waals surface area (Å²) in [4.78, 5) is 7.94. The summed E-state index contributed by atoms with van der Waals surface area (Å²) in [7, 11) is 0. The lowest BCUT2D eigenvalue weighted by atomic mass is 10.0. The molecular formula is C19H29IN4OS. The minimum absolute atomic E-state index is 0. The van der Waals surface area contributed by atoms with Crippen molar-refractivity contribution in [2.75, 3.05) is 31.1 Å². The Bertz CT molecular complexity index is 740. The maximum absolute atomic E-state index is 10.4. The number of aliphatic hydroxyl groups is 1. The molecule has 0 radical (unpaired) electrons. The van der Waals surface area contributed by atoms with E-state index < -0.39 is 5.60 Å². The number of hydrogen-bond acceptors (Lipinski definition) is 3. The number of nitrogens with zero attached hydrogens (tertiary/aromatic N) is 1. The second kappa shape index (κ2) is 9.85. The van der Waals surface area contributed by atoms with Crippen molar-refractivity contribution < 1.29 is 5.11 Å². The van der Waals surface area contributed by atoms with E-state index in [0.717, 1.165) is 43.4 Å².